The Kier molecular flexibility index (Phi) is 5.77. The quantitative estimate of drug-likeness (QED) is 0.237. The Hall–Kier alpha value is -1.17. The molecule has 0 amide bonds. The maximum Gasteiger partial charge on any atom is 0.0716 e. The number of likely N-dealkylation sites (tertiary alicyclic amines) is 1. The van der Waals surface area contributed by atoms with Gasteiger partial charge in [0.1, 0.15) is 0 Å². The van der Waals surface area contributed by atoms with Crippen molar-refractivity contribution in [3.8, 4) is 11.8 Å². The monoisotopic (exact) mass is 220 g/mol. The fourth-order valence-electron chi connectivity index (χ4n) is 1.87. The first kappa shape index (κ1) is 12.9. The highest BCUT2D eigenvalue weighted by molar-refractivity contribution is 5.10. The maximum absolute atomic E-state index is 8.43. The first-order chi connectivity index (χ1) is 7.77. The fraction of sp³-hybridized carbons (Fsp3) is 0.833. The van der Waals surface area contributed by atoms with Crippen LogP contribution < -0.4 is 0 Å². The highest BCUT2D eigenvalue weighted by Crippen LogP contribution is 2.18. The highest BCUT2D eigenvalue weighted by atomic mass is 15.2. The second kappa shape index (κ2) is 7.16. The third-order valence-electron chi connectivity index (χ3n) is 2.98. The molecule has 1 aliphatic heterocycles. The lowest BCUT2D eigenvalue weighted by molar-refractivity contribution is 0.211. The molecule has 2 unspecified atom stereocenters. The third kappa shape index (κ3) is 4.14. The molecule has 4 nitrogen and oxygen atoms in total. The van der Waals surface area contributed by atoms with E-state index in [1.165, 1.54) is 12.8 Å². The summed E-state index contributed by atoms with van der Waals surface area (Å²) in [6.45, 7) is 3.14. The molecule has 88 valence electrons. The molecular weight excluding hydrogens is 200 g/mol. The molecule has 0 bridgehead atoms. The molecule has 1 heterocycles. The van der Waals surface area contributed by atoms with Crippen molar-refractivity contribution in [2.45, 2.75) is 51.1 Å². The highest BCUT2D eigenvalue weighted by Gasteiger charge is 2.23. The molecule has 0 saturated carbocycles. The van der Waals surface area contributed by atoms with Crippen molar-refractivity contribution in [3.05, 3.63) is 10.4 Å². The van der Waals surface area contributed by atoms with Gasteiger partial charge in [0.15, 0.2) is 0 Å². The van der Waals surface area contributed by atoms with E-state index in [0.717, 1.165) is 25.8 Å². The van der Waals surface area contributed by atoms with Crippen LogP contribution in [0.25, 0.3) is 10.4 Å². The third-order valence-corrected chi connectivity index (χ3v) is 2.98. The van der Waals surface area contributed by atoms with Gasteiger partial charge in [-0.25, -0.2) is 0 Å². The molecule has 4 heteroatoms. The zero-order valence-corrected chi connectivity index (χ0v) is 10.2. The van der Waals surface area contributed by atoms with Gasteiger partial charge in [-0.2, -0.15) is 0 Å². The molecule has 0 aromatic rings. The Morgan fingerprint density at radius 3 is 3.06 bits per heavy atom. The molecule has 0 aromatic heterocycles. The van der Waals surface area contributed by atoms with E-state index in [0.29, 0.717) is 0 Å². The van der Waals surface area contributed by atoms with Crippen LogP contribution in [0.2, 0.25) is 0 Å². The van der Waals surface area contributed by atoms with Gasteiger partial charge in [0.2, 0.25) is 0 Å². The molecule has 0 aliphatic carbocycles. The molecule has 1 fully saturated rings. The minimum absolute atomic E-state index is 0.131. The predicted molar refractivity (Wildman–Crippen MR) is 65.9 cm³/mol. The Morgan fingerprint density at radius 1 is 1.56 bits per heavy atom. The second-order valence-corrected chi connectivity index (χ2v) is 4.30. The molecule has 0 radical (unpaired) electrons. The number of nitrogens with zero attached hydrogens (tertiary/aromatic N) is 4. The van der Waals surface area contributed by atoms with Crippen LogP contribution in [-0.4, -0.2) is 30.6 Å². The number of piperidine rings is 1. The maximum atomic E-state index is 8.43. The molecule has 16 heavy (non-hydrogen) atoms. The van der Waals surface area contributed by atoms with Crippen molar-refractivity contribution in [3.63, 3.8) is 0 Å². The summed E-state index contributed by atoms with van der Waals surface area (Å²) in [5, 5.41) is 3.80. The summed E-state index contributed by atoms with van der Waals surface area (Å²) in [5.74, 6) is 6.51. The van der Waals surface area contributed by atoms with E-state index in [9.17, 15) is 0 Å². The first-order valence-electron chi connectivity index (χ1n) is 6.00. The van der Waals surface area contributed by atoms with Crippen molar-refractivity contribution in [2.75, 3.05) is 13.6 Å². The van der Waals surface area contributed by atoms with E-state index in [1.54, 1.807) is 0 Å². The van der Waals surface area contributed by atoms with Gasteiger partial charge in [0.25, 0.3) is 0 Å². The van der Waals surface area contributed by atoms with Crippen LogP contribution in [0, 0.1) is 11.8 Å². The smallest absolute Gasteiger partial charge is 0.0716 e. The summed E-state index contributed by atoms with van der Waals surface area (Å²) < 4.78 is 0. The Balaban J connectivity index is 2.48. The lowest BCUT2D eigenvalue weighted by Crippen LogP contribution is -2.40. The van der Waals surface area contributed by atoms with Crippen LogP contribution in [0.15, 0.2) is 5.11 Å². The fourth-order valence-corrected chi connectivity index (χ4v) is 1.87. The summed E-state index contributed by atoms with van der Waals surface area (Å²) in [5.41, 5.74) is 8.43. The van der Waals surface area contributed by atoms with Crippen molar-refractivity contribution < 1.29 is 0 Å². The number of hydrogen-bond acceptors (Lipinski definition) is 2. The average molecular weight is 220 g/mol. The molecule has 0 spiro atoms. The average Bonchev–Trinajstić information content (AvgIpc) is 2.29. The minimum Gasteiger partial charge on any atom is -0.293 e. The molecule has 0 N–H and O–H groups in total. The molecule has 1 saturated heterocycles. The Labute approximate surface area is 97.6 Å². The van der Waals surface area contributed by atoms with Gasteiger partial charge >= 0.3 is 0 Å². The van der Waals surface area contributed by atoms with Crippen molar-refractivity contribution >= 4 is 0 Å². The largest absolute Gasteiger partial charge is 0.293 e. The molecule has 1 aliphatic rings. The number of rotatable bonds is 3. The van der Waals surface area contributed by atoms with E-state index in [4.69, 9.17) is 5.53 Å². The van der Waals surface area contributed by atoms with Gasteiger partial charge in [-0.05, 0) is 38.4 Å². The number of hydrogen-bond donors (Lipinski definition) is 0. The van der Waals surface area contributed by atoms with Crippen LogP contribution in [-0.2, 0) is 0 Å². The first-order valence-corrected chi connectivity index (χ1v) is 6.00. The summed E-state index contributed by atoms with van der Waals surface area (Å²) in [7, 11) is 2.09. The summed E-state index contributed by atoms with van der Waals surface area (Å²) >= 11 is 0. The van der Waals surface area contributed by atoms with Crippen molar-refractivity contribution in [1.29, 1.82) is 0 Å². The summed E-state index contributed by atoms with van der Waals surface area (Å²) in [6.07, 6.45) is 5.17. The molecule has 0 aromatic carbocycles. The van der Waals surface area contributed by atoms with Gasteiger partial charge in [-0.3, -0.25) is 4.90 Å². The topological polar surface area (TPSA) is 52.0 Å². The standard InChI is InChI=1S/C12H20N4/c1-3-4-5-6-7-12-10-11(14-15-13)8-9-16(12)2/h11-12H,3-5,8-10H2,1-2H3. The van der Waals surface area contributed by atoms with Gasteiger partial charge in [0, 0.05) is 17.4 Å². The van der Waals surface area contributed by atoms with Crippen LogP contribution in [0.1, 0.15) is 39.0 Å². The summed E-state index contributed by atoms with van der Waals surface area (Å²) in [4.78, 5) is 5.14. The van der Waals surface area contributed by atoms with Gasteiger partial charge in [-0.1, -0.05) is 24.4 Å². The van der Waals surface area contributed by atoms with E-state index in [-0.39, 0.29) is 12.1 Å². The van der Waals surface area contributed by atoms with E-state index in [2.05, 4.69) is 40.7 Å². The predicted octanol–water partition coefficient (Wildman–Crippen LogP) is 2.95. The molecule has 1 rings (SSSR count). The molecule has 2 atom stereocenters. The second-order valence-electron chi connectivity index (χ2n) is 4.30. The lowest BCUT2D eigenvalue weighted by atomic mass is 9.98. The Morgan fingerprint density at radius 2 is 2.38 bits per heavy atom. The minimum atomic E-state index is 0.131. The van der Waals surface area contributed by atoms with Crippen LogP contribution >= 0.6 is 0 Å². The lowest BCUT2D eigenvalue weighted by Gasteiger charge is -2.32. The van der Waals surface area contributed by atoms with Crippen molar-refractivity contribution in [2.24, 2.45) is 5.11 Å². The molecular formula is C12H20N4. The van der Waals surface area contributed by atoms with Crippen LogP contribution in [0.5, 0.6) is 0 Å². The van der Waals surface area contributed by atoms with E-state index in [1.807, 2.05) is 0 Å². The number of unbranched alkanes of at least 4 members (excludes halogenated alkanes) is 2. The van der Waals surface area contributed by atoms with Crippen LogP contribution in [0.3, 0.4) is 0 Å². The van der Waals surface area contributed by atoms with Crippen molar-refractivity contribution in [1.82, 2.24) is 4.90 Å². The van der Waals surface area contributed by atoms with Gasteiger partial charge in [0.05, 0.1) is 6.04 Å². The van der Waals surface area contributed by atoms with Gasteiger partial charge < -0.3 is 0 Å². The number of azide groups is 1. The van der Waals surface area contributed by atoms with E-state index < -0.39 is 0 Å². The SMILES string of the molecule is CCCCC#CC1CC(N=[N+]=[N-])CCN1C. The zero-order chi connectivity index (χ0) is 11.8. The van der Waals surface area contributed by atoms with Gasteiger partial charge in [-0.15, -0.1) is 5.92 Å². The van der Waals surface area contributed by atoms with E-state index >= 15 is 0 Å². The van der Waals surface area contributed by atoms with Crippen LogP contribution in [0.4, 0.5) is 0 Å². The summed E-state index contributed by atoms with van der Waals surface area (Å²) in [6, 6.07) is 0.396. The zero-order valence-electron chi connectivity index (χ0n) is 10.2. The normalized spacial score (nSPS) is 25.4. The Bertz CT molecular complexity index is 309.